The van der Waals surface area contributed by atoms with Gasteiger partial charge in [0.25, 0.3) is 0 Å². The number of carbonyl (C=O) groups excluding carboxylic acids is 1. The van der Waals surface area contributed by atoms with Gasteiger partial charge < -0.3 is 20.1 Å². The highest BCUT2D eigenvalue weighted by atomic mass is 16.6. The van der Waals surface area contributed by atoms with E-state index in [0.29, 0.717) is 31.2 Å². The van der Waals surface area contributed by atoms with Crippen molar-refractivity contribution in [1.82, 2.24) is 5.32 Å². The highest BCUT2D eigenvalue weighted by Crippen LogP contribution is 2.32. The Bertz CT molecular complexity index is 435. The van der Waals surface area contributed by atoms with E-state index >= 15 is 0 Å². The second-order valence-electron chi connectivity index (χ2n) is 4.45. The summed E-state index contributed by atoms with van der Waals surface area (Å²) in [6, 6.07) is 5.20. The zero-order chi connectivity index (χ0) is 13.5. The van der Waals surface area contributed by atoms with Crippen LogP contribution in [0.1, 0.15) is 26.2 Å². The third-order valence-corrected chi connectivity index (χ3v) is 2.87. The van der Waals surface area contributed by atoms with Gasteiger partial charge in [-0.15, -0.1) is 0 Å². The largest absolute Gasteiger partial charge is 0.486 e. The first-order valence-corrected chi connectivity index (χ1v) is 6.74. The van der Waals surface area contributed by atoms with Crippen LogP contribution in [-0.4, -0.2) is 25.8 Å². The minimum absolute atomic E-state index is 0.187. The first kappa shape index (κ1) is 13.5. The van der Waals surface area contributed by atoms with Gasteiger partial charge in [-0.3, -0.25) is 0 Å². The summed E-state index contributed by atoms with van der Waals surface area (Å²) in [5.74, 6) is 1.40. The van der Waals surface area contributed by atoms with Crippen molar-refractivity contribution in [2.75, 3.05) is 25.1 Å². The SMILES string of the molecule is CCCCCNC(=O)Nc1ccc2c(c1)OCCO2. The summed E-state index contributed by atoms with van der Waals surface area (Å²) in [6.07, 6.45) is 3.28. The van der Waals surface area contributed by atoms with E-state index in [9.17, 15) is 4.79 Å². The second kappa shape index (κ2) is 6.87. The lowest BCUT2D eigenvalue weighted by Gasteiger charge is -2.19. The van der Waals surface area contributed by atoms with Crippen LogP contribution in [0.4, 0.5) is 10.5 Å². The molecule has 1 aromatic rings. The number of hydrogen-bond donors (Lipinski definition) is 2. The van der Waals surface area contributed by atoms with Crippen LogP contribution < -0.4 is 20.1 Å². The third-order valence-electron chi connectivity index (χ3n) is 2.87. The van der Waals surface area contributed by atoms with E-state index in [1.54, 1.807) is 18.2 Å². The van der Waals surface area contributed by atoms with E-state index < -0.39 is 0 Å². The van der Waals surface area contributed by atoms with Crippen LogP contribution in [0.3, 0.4) is 0 Å². The molecule has 2 amide bonds. The fourth-order valence-corrected chi connectivity index (χ4v) is 1.87. The summed E-state index contributed by atoms with van der Waals surface area (Å²) in [5.41, 5.74) is 0.706. The molecule has 0 fully saturated rings. The Balaban J connectivity index is 1.83. The number of fused-ring (bicyclic) bond motifs is 1. The van der Waals surface area contributed by atoms with Gasteiger partial charge in [0.1, 0.15) is 13.2 Å². The highest BCUT2D eigenvalue weighted by Gasteiger charge is 2.12. The van der Waals surface area contributed by atoms with Crippen molar-refractivity contribution in [3.63, 3.8) is 0 Å². The van der Waals surface area contributed by atoms with Gasteiger partial charge in [0.05, 0.1) is 0 Å². The fourth-order valence-electron chi connectivity index (χ4n) is 1.87. The molecule has 1 heterocycles. The number of hydrogen-bond acceptors (Lipinski definition) is 3. The van der Waals surface area contributed by atoms with Crippen molar-refractivity contribution in [1.29, 1.82) is 0 Å². The van der Waals surface area contributed by atoms with Crippen LogP contribution >= 0.6 is 0 Å². The van der Waals surface area contributed by atoms with Crippen LogP contribution in [0, 0.1) is 0 Å². The van der Waals surface area contributed by atoms with Gasteiger partial charge in [0, 0.05) is 18.3 Å². The average Bonchev–Trinajstić information content (AvgIpc) is 2.43. The number of rotatable bonds is 5. The van der Waals surface area contributed by atoms with Gasteiger partial charge in [0.15, 0.2) is 11.5 Å². The lowest BCUT2D eigenvalue weighted by Crippen LogP contribution is -2.29. The number of benzene rings is 1. The maximum atomic E-state index is 11.6. The molecule has 0 saturated carbocycles. The van der Waals surface area contributed by atoms with E-state index in [-0.39, 0.29) is 6.03 Å². The van der Waals surface area contributed by atoms with Crippen molar-refractivity contribution in [2.24, 2.45) is 0 Å². The molecule has 5 heteroatoms. The molecule has 0 bridgehead atoms. The summed E-state index contributed by atoms with van der Waals surface area (Å²) in [6.45, 7) is 3.94. The molecule has 2 rings (SSSR count). The Kier molecular flexibility index (Phi) is 4.89. The predicted octanol–water partition coefficient (Wildman–Crippen LogP) is 2.77. The third kappa shape index (κ3) is 4.05. The maximum Gasteiger partial charge on any atom is 0.319 e. The number of nitrogens with one attached hydrogen (secondary N) is 2. The summed E-state index contributed by atoms with van der Waals surface area (Å²) < 4.78 is 10.9. The van der Waals surface area contributed by atoms with Crippen LogP contribution in [0.25, 0.3) is 0 Å². The Morgan fingerprint density at radius 1 is 1.21 bits per heavy atom. The number of amides is 2. The summed E-state index contributed by atoms with van der Waals surface area (Å²) in [4.78, 5) is 11.6. The van der Waals surface area contributed by atoms with Crippen molar-refractivity contribution in [3.8, 4) is 11.5 Å². The van der Waals surface area contributed by atoms with E-state index in [1.807, 2.05) is 0 Å². The lowest BCUT2D eigenvalue weighted by molar-refractivity contribution is 0.171. The van der Waals surface area contributed by atoms with Gasteiger partial charge in [-0.25, -0.2) is 4.79 Å². The Morgan fingerprint density at radius 2 is 2.00 bits per heavy atom. The molecule has 0 aromatic heterocycles. The molecule has 0 aliphatic carbocycles. The van der Waals surface area contributed by atoms with Crippen LogP contribution in [0.15, 0.2) is 18.2 Å². The zero-order valence-electron chi connectivity index (χ0n) is 11.2. The number of carbonyl (C=O) groups is 1. The van der Waals surface area contributed by atoms with Gasteiger partial charge in [-0.1, -0.05) is 19.8 Å². The molecule has 0 spiro atoms. The molecule has 19 heavy (non-hydrogen) atoms. The first-order chi connectivity index (χ1) is 9.29. The first-order valence-electron chi connectivity index (χ1n) is 6.74. The molecule has 1 aromatic carbocycles. The number of urea groups is 1. The standard InChI is InChI=1S/C14H20N2O3/c1-2-3-4-7-15-14(17)16-11-5-6-12-13(10-11)19-9-8-18-12/h5-6,10H,2-4,7-9H2,1H3,(H2,15,16,17). The van der Waals surface area contributed by atoms with Crippen LogP contribution in [0.5, 0.6) is 11.5 Å². The second-order valence-corrected chi connectivity index (χ2v) is 4.45. The van der Waals surface area contributed by atoms with Gasteiger partial charge >= 0.3 is 6.03 Å². The Labute approximate surface area is 113 Å². The van der Waals surface area contributed by atoms with Crippen molar-refractivity contribution in [3.05, 3.63) is 18.2 Å². The predicted molar refractivity (Wildman–Crippen MR) is 74.0 cm³/mol. The molecular weight excluding hydrogens is 244 g/mol. The molecule has 0 radical (unpaired) electrons. The summed E-state index contributed by atoms with van der Waals surface area (Å²) in [5, 5.41) is 5.61. The normalized spacial score (nSPS) is 12.9. The quantitative estimate of drug-likeness (QED) is 0.804. The van der Waals surface area contributed by atoms with Crippen molar-refractivity contribution in [2.45, 2.75) is 26.2 Å². The average molecular weight is 264 g/mol. The van der Waals surface area contributed by atoms with Gasteiger partial charge in [-0.05, 0) is 18.6 Å². The number of unbranched alkanes of at least 4 members (excludes halogenated alkanes) is 2. The topological polar surface area (TPSA) is 59.6 Å². The molecule has 0 saturated heterocycles. The molecule has 2 N–H and O–H groups in total. The Hall–Kier alpha value is -1.91. The van der Waals surface area contributed by atoms with Crippen molar-refractivity contribution < 1.29 is 14.3 Å². The molecular formula is C14H20N2O3. The van der Waals surface area contributed by atoms with Crippen LogP contribution in [0.2, 0.25) is 0 Å². The Morgan fingerprint density at radius 3 is 2.79 bits per heavy atom. The monoisotopic (exact) mass is 264 g/mol. The van der Waals surface area contributed by atoms with Crippen LogP contribution in [-0.2, 0) is 0 Å². The summed E-state index contributed by atoms with van der Waals surface area (Å²) in [7, 11) is 0. The van der Waals surface area contributed by atoms with Crippen molar-refractivity contribution >= 4 is 11.7 Å². The van der Waals surface area contributed by atoms with Gasteiger partial charge in [-0.2, -0.15) is 0 Å². The molecule has 0 unspecified atom stereocenters. The van der Waals surface area contributed by atoms with E-state index in [2.05, 4.69) is 17.6 Å². The van der Waals surface area contributed by atoms with E-state index in [0.717, 1.165) is 25.0 Å². The minimum atomic E-state index is -0.187. The highest BCUT2D eigenvalue weighted by molar-refractivity contribution is 5.89. The van der Waals surface area contributed by atoms with E-state index in [1.165, 1.54) is 0 Å². The smallest absolute Gasteiger partial charge is 0.319 e. The minimum Gasteiger partial charge on any atom is -0.486 e. The molecule has 104 valence electrons. The summed E-state index contributed by atoms with van der Waals surface area (Å²) >= 11 is 0. The fraction of sp³-hybridized carbons (Fsp3) is 0.500. The molecule has 5 nitrogen and oxygen atoms in total. The van der Waals surface area contributed by atoms with Gasteiger partial charge in [0.2, 0.25) is 0 Å². The van der Waals surface area contributed by atoms with E-state index in [4.69, 9.17) is 9.47 Å². The zero-order valence-corrected chi connectivity index (χ0v) is 11.2. The maximum absolute atomic E-state index is 11.6. The molecule has 1 aliphatic heterocycles. The number of anilines is 1. The molecule has 1 aliphatic rings. The molecule has 0 atom stereocenters. The lowest BCUT2D eigenvalue weighted by atomic mass is 10.2. The number of ether oxygens (including phenoxy) is 2.